The summed E-state index contributed by atoms with van der Waals surface area (Å²) in [6.07, 6.45) is 0. The molecule has 1 aliphatic rings. The number of aromatic nitrogens is 3. The van der Waals surface area contributed by atoms with Crippen molar-refractivity contribution in [1.82, 2.24) is 14.4 Å². The average molecular weight is 206 g/mol. The number of hydrogen-bond acceptors (Lipinski definition) is 5. The second kappa shape index (κ2) is 2.48. The van der Waals surface area contributed by atoms with Gasteiger partial charge in [0.15, 0.2) is 5.16 Å². The first kappa shape index (κ1) is 7.81. The first-order valence-corrected chi connectivity index (χ1v) is 5.04. The van der Waals surface area contributed by atoms with Crippen molar-refractivity contribution in [1.29, 1.82) is 0 Å². The summed E-state index contributed by atoms with van der Waals surface area (Å²) in [5.74, 6) is 1.16. The molecule has 2 aromatic rings. The van der Waals surface area contributed by atoms with Crippen molar-refractivity contribution in [3.05, 3.63) is 28.2 Å². The van der Waals surface area contributed by atoms with E-state index in [2.05, 4.69) is 9.97 Å². The molecule has 1 aliphatic heterocycles. The SMILES string of the molecule is Nc1cc2nc(=O)cc3n2c(n1)SC3. The van der Waals surface area contributed by atoms with E-state index < -0.39 is 0 Å². The monoisotopic (exact) mass is 206 g/mol. The van der Waals surface area contributed by atoms with E-state index in [-0.39, 0.29) is 5.56 Å². The molecule has 2 N–H and O–H groups in total. The molecule has 6 heteroatoms. The normalized spacial score (nSPS) is 13.7. The topological polar surface area (TPSA) is 73.3 Å². The second-order valence-electron chi connectivity index (χ2n) is 3.03. The lowest BCUT2D eigenvalue weighted by atomic mass is 10.4. The zero-order valence-corrected chi connectivity index (χ0v) is 7.91. The van der Waals surface area contributed by atoms with E-state index in [1.54, 1.807) is 17.8 Å². The molecule has 5 nitrogen and oxygen atoms in total. The van der Waals surface area contributed by atoms with Gasteiger partial charge in [-0.3, -0.25) is 9.20 Å². The summed E-state index contributed by atoms with van der Waals surface area (Å²) in [6.45, 7) is 0. The van der Waals surface area contributed by atoms with E-state index >= 15 is 0 Å². The first-order valence-electron chi connectivity index (χ1n) is 4.06. The number of nitrogens with zero attached hydrogens (tertiary/aromatic N) is 3. The van der Waals surface area contributed by atoms with Crippen LogP contribution in [-0.2, 0) is 5.75 Å². The summed E-state index contributed by atoms with van der Waals surface area (Å²) in [7, 11) is 0. The zero-order valence-electron chi connectivity index (χ0n) is 7.10. The largest absolute Gasteiger partial charge is 0.383 e. The van der Waals surface area contributed by atoms with Gasteiger partial charge in [-0.2, -0.15) is 4.98 Å². The van der Waals surface area contributed by atoms with Crippen molar-refractivity contribution >= 4 is 23.2 Å². The zero-order chi connectivity index (χ0) is 9.71. The maximum atomic E-state index is 11.2. The standard InChI is InChI=1S/C8H6N4OS/c9-5-2-6-11-7(13)1-4-3-14-8(10-5)12(4)6/h1-2H,3,9H2. The fourth-order valence-corrected chi connectivity index (χ4v) is 2.53. The molecule has 0 aliphatic carbocycles. The van der Waals surface area contributed by atoms with Gasteiger partial charge < -0.3 is 5.73 Å². The molecule has 0 spiro atoms. The van der Waals surface area contributed by atoms with Crippen LogP contribution in [0.2, 0.25) is 0 Å². The Labute approximate surface area is 83.0 Å². The van der Waals surface area contributed by atoms with Gasteiger partial charge in [0.1, 0.15) is 11.5 Å². The molecule has 2 aromatic heterocycles. The lowest BCUT2D eigenvalue weighted by Crippen LogP contribution is -2.11. The van der Waals surface area contributed by atoms with Crippen LogP contribution in [0.15, 0.2) is 22.1 Å². The van der Waals surface area contributed by atoms with Crippen molar-refractivity contribution in [2.45, 2.75) is 10.9 Å². The summed E-state index contributed by atoms with van der Waals surface area (Å²) >= 11 is 1.56. The van der Waals surface area contributed by atoms with Crippen LogP contribution in [0, 0.1) is 0 Å². The first-order chi connectivity index (χ1) is 6.74. The van der Waals surface area contributed by atoms with Crippen LogP contribution in [-0.4, -0.2) is 14.4 Å². The highest BCUT2D eigenvalue weighted by Crippen LogP contribution is 2.29. The van der Waals surface area contributed by atoms with Gasteiger partial charge in [0.05, 0.1) is 0 Å². The molecule has 0 bridgehead atoms. The fourth-order valence-electron chi connectivity index (χ4n) is 1.53. The number of anilines is 1. The minimum Gasteiger partial charge on any atom is -0.383 e. The van der Waals surface area contributed by atoms with Crippen LogP contribution in [0.3, 0.4) is 0 Å². The molecule has 0 radical (unpaired) electrons. The lowest BCUT2D eigenvalue weighted by Gasteiger charge is -2.02. The Morgan fingerprint density at radius 2 is 2.29 bits per heavy atom. The van der Waals surface area contributed by atoms with Gasteiger partial charge in [-0.05, 0) is 0 Å². The molecule has 0 unspecified atom stereocenters. The number of nitrogen functional groups attached to an aromatic ring is 1. The molecular formula is C8H6N4OS. The highest BCUT2D eigenvalue weighted by Gasteiger charge is 2.16. The Balaban J connectivity index is 2.57. The number of rotatable bonds is 0. The molecule has 3 rings (SSSR count). The van der Waals surface area contributed by atoms with E-state index in [0.717, 1.165) is 16.6 Å². The summed E-state index contributed by atoms with van der Waals surface area (Å²) in [4.78, 5) is 19.2. The highest BCUT2D eigenvalue weighted by molar-refractivity contribution is 7.98. The maximum Gasteiger partial charge on any atom is 0.273 e. The molecule has 0 fully saturated rings. The van der Waals surface area contributed by atoms with Crippen molar-refractivity contribution in [3.63, 3.8) is 0 Å². The van der Waals surface area contributed by atoms with E-state index in [4.69, 9.17) is 5.73 Å². The van der Waals surface area contributed by atoms with Crippen LogP contribution in [0.5, 0.6) is 0 Å². The Bertz CT molecular complexity index is 592. The Morgan fingerprint density at radius 1 is 1.43 bits per heavy atom. The van der Waals surface area contributed by atoms with Crippen LogP contribution >= 0.6 is 11.8 Å². The van der Waals surface area contributed by atoms with Crippen LogP contribution in [0.4, 0.5) is 5.82 Å². The molecule has 3 heterocycles. The van der Waals surface area contributed by atoms with Gasteiger partial charge in [0.2, 0.25) is 0 Å². The lowest BCUT2D eigenvalue weighted by molar-refractivity contribution is 0.870. The third-order valence-corrected chi connectivity index (χ3v) is 3.05. The Kier molecular flexibility index (Phi) is 1.38. The van der Waals surface area contributed by atoms with Crippen molar-refractivity contribution < 1.29 is 0 Å². The summed E-state index contributed by atoms with van der Waals surface area (Å²) in [5, 5.41) is 0.808. The van der Waals surface area contributed by atoms with E-state index in [1.165, 1.54) is 6.07 Å². The maximum absolute atomic E-state index is 11.2. The average Bonchev–Trinajstić information content (AvgIpc) is 2.48. The number of thioether (sulfide) groups is 1. The molecule has 0 amide bonds. The van der Waals surface area contributed by atoms with Gasteiger partial charge in [-0.15, -0.1) is 0 Å². The smallest absolute Gasteiger partial charge is 0.273 e. The molecule has 70 valence electrons. The second-order valence-corrected chi connectivity index (χ2v) is 3.97. The minimum atomic E-state index is -0.223. The van der Waals surface area contributed by atoms with Crippen molar-refractivity contribution in [2.24, 2.45) is 0 Å². The van der Waals surface area contributed by atoms with Crippen LogP contribution in [0.1, 0.15) is 5.69 Å². The number of nitrogens with two attached hydrogens (primary N) is 1. The van der Waals surface area contributed by atoms with E-state index in [1.807, 2.05) is 4.40 Å². The predicted molar refractivity (Wildman–Crippen MR) is 53.2 cm³/mol. The van der Waals surface area contributed by atoms with Gasteiger partial charge in [0.25, 0.3) is 5.56 Å². The molecule has 0 atom stereocenters. The van der Waals surface area contributed by atoms with Gasteiger partial charge >= 0.3 is 0 Å². The quantitative estimate of drug-likeness (QED) is 0.626. The van der Waals surface area contributed by atoms with Crippen molar-refractivity contribution in [2.75, 3.05) is 5.73 Å². The predicted octanol–water partition coefficient (Wildman–Crippen LogP) is 0.277. The van der Waals surface area contributed by atoms with Gasteiger partial charge in [-0.25, -0.2) is 4.98 Å². The molecule has 0 aromatic carbocycles. The minimum absolute atomic E-state index is 0.223. The molecular weight excluding hydrogens is 200 g/mol. The Hall–Kier alpha value is -1.56. The fraction of sp³-hybridized carbons (Fsp3) is 0.125. The third-order valence-electron chi connectivity index (χ3n) is 2.07. The highest BCUT2D eigenvalue weighted by atomic mass is 32.2. The van der Waals surface area contributed by atoms with E-state index in [9.17, 15) is 4.79 Å². The molecule has 0 saturated heterocycles. The molecule has 14 heavy (non-hydrogen) atoms. The van der Waals surface area contributed by atoms with Gasteiger partial charge in [-0.1, -0.05) is 11.8 Å². The van der Waals surface area contributed by atoms with Crippen LogP contribution < -0.4 is 11.3 Å². The summed E-state index contributed by atoms with van der Waals surface area (Å²) < 4.78 is 1.86. The van der Waals surface area contributed by atoms with E-state index in [0.29, 0.717) is 11.5 Å². The Morgan fingerprint density at radius 3 is 3.14 bits per heavy atom. The molecule has 0 saturated carbocycles. The van der Waals surface area contributed by atoms with Crippen molar-refractivity contribution in [3.8, 4) is 0 Å². The third kappa shape index (κ3) is 0.941. The summed E-state index contributed by atoms with van der Waals surface area (Å²) in [6, 6.07) is 3.15. The summed E-state index contributed by atoms with van der Waals surface area (Å²) in [5.41, 5.74) is 6.89. The number of hydrogen-bond donors (Lipinski definition) is 1. The van der Waals surface area contributed by atoms with Gasteiger partial charge in [0, 0.05) is 23.6 Å². The van der Waals surface area contributed by atoms with Crippen LogP contribution in [0.25, 0.3) is 5.65 Å².